The van der Waals surface area contributed by atoms with E-state index in [1.807, 2.05) is 12.1 Å². The minimum Gasteiger partial charge on any atom is -0.381 e. The molecule has 1 heterocycles. The molecule has 102 valence electrons. The van der Waals surface area contributed by atoms with Gasteiger partial charge in [-0.1, -0.05) is 6.07 Å². The molecule has 0 aliphatic heterocycles. The minimum atomic E-state index is -0.0777. The second-order valence-electron chi connectivity index (χ2n) is 4.78. The molecular formula is C15H20N2O2. The number of hydrogen-bond acceptors (Lipinski definition) is 3. The second-order valence-corrected chi connectivity index (χ2v) is 4.78. The molecule has 0 radical (unpaired) electrons. The SMILES string of the molecule is O=C(/C=C/c1cccnc1)NCCCOCC1CC1. The summed E-state index contributed by atoms with van der Waals surface area (Å²) in [6.45, 7) is 2.26. The molecule has 2 rings (SSSR count). The van der Waals surface area contributed by atoms with E-state index in [1.54, 1.807) is 18.5 Å². The second kappa shape index (κ2) is 7.69. The molecule has 1 amide bonds. The fraction of sp³-hybridized carbons (Fsp3) is 0.467. The highest BCUT2D eigenvalue weighted by Gasteiger charge is 2.20. The number of ether oxygens (including phenoxy) is 1. The third-order valence-electron chi connectivity index (χ3n) is 2.93. The van der Waals surface area contributed by atoms with Crippen LogP contribution in [0.15, 0.2) is 30.6 Å². The maximum Gasteiger partial charge on any atom is 0.244 e. The Balaban J connectivity index is 1.52. The van der Waals surface area contributed by atoms with Crippen LogP contribution in [0, 0.1) is 5.92 Å². The average Bonchev–Trinajstić information content (AvgIpc) is 3.26. The monoisotopic (exact) mass is 260 g/mol. The summed E-state index contributed by atoms with van der Waals surface area (Å²) in [6, 6.07) is 3.75. The average molecular weight is 260 g/mol. The summed E-state index contributed by atoms with van der Waals surface area (Å²) in [6.07, 6.45) is 10.2. The quantitative estimate of drug-likeness (QED) is 0.575. The maximum absolute atomic E-state index is 11.5. The van der Waals surface area contributed by atoms with Gasteiger partial charge < -0.3 is 10.1 Å². The summed E-state index contributed by atoms with van der Waals surface area (Å²) >= 11 is 0. The van der Waals surface area contributed by atoms with Crippen molar-refractivity contribution in [3.8, 4) is 0 Å². The summed E-state index contributed by atoms with van der Waals surface area (Å²) in [4.78, 5) is 15.5. The fourth-order valence-corrected chi connectivity index (χ4v) is 1.63. The van der Waals surface area contributed by atoms with Crippen LogP contribution in [0.2, 0.25) is 0 Å². The molecule has 1 fully saturated rings. The summed E-state index contributed by atoms with van der Waals surface area (Å²) < 4.78 is 5.49. The van der Waals surface area contributed by atoms with Gasteiger partial charge in [0.15, 0.2) is 0 Å². The summed E-state index contributed by atoms with van der Waals surface area (Å²) in [5.74, 6) is 0.725. The molecule has 4 nitrogen and oxygen atoms in total. The summed E-state index contributed by atoms with van der Waals surface area (Å²) in [7, 11) is 0. The van der Waals surface area contributed by atoms with Crippen molar-refractivity contribution in [1.82, 2.24) is 10.3 Å². The lowest BCUT2D eigenvalue weighted by Gasteiger charge is -2.03. The molecular weight excluding hydrogens is 240 g/mol. The topological polar surface area (TPSA) is 51.2 Å². The molecule has 1 saturated carbocycles. The van der Waals surface area contributed by atoms with E-state index in [0.29, 0.717) is 6.54 Å². The van der Waals surface area contributed by atoms with Crippen LogP contribution in [-0.4, -0.2) is 30.6 Å². The first-order valence-corrected chi connectivity index (χ1v) is 6.78. The number of nitrogens with one attached hydrogen (secondary N) is 1. The molecule has 0 atom stereocenters. The number of carbonyl (C=O) groups is 1. The Hall–Kier alpha value is -1.68. The maximum atomic E-state index is 11.5. The van der Waals surface area contributed by atoms with Gasteiger partial charge in [0.05, 0.1) is 0 Å². The molecule has 1 aromatic rings. The van der Waals surface area contributed by atoms with Gasteiger partial charge in [-0.05, 0) is 42.9 Å². The van der Waals surface area contributed by atoms with E-state index in [1.165, 1.54) is 18.9 Å². The number of rotatable bonds is 8. The highest BCUT2D eigenvalue weighted by Crippen LogP contribution is 2.28. The van der Waals surface area contributed by atoms with Gasteiger partial charge in [0.2, 0.25) is 5.91 Å². The van der Waals surface area contributed by atoms with Gasteiger partial charge in [-0.25, -0.2) is 0 Å². The van der Waals surface area contributed by atoms with E-state index in [0.717, 1.165) is 31.1 Å². The molecule has 1 aliphatic carbocycles. The van der Waals surface area contributed by atoms with E-state index in [-0.39, 0.29) is 5.91 Å². The van der Waals surface area contributed by atoms with Crippen LogP contribution < -0.4 is 5.32 Å². The van der Waals surface area contributed by atoms with Crippen LogP contribution in [0.4, 0.5) is 0 Å². The van der Waals surface area contributed by atoms with Crippen LogP contribution in [0.5, 0.6) is 0 Å². The van der Waals surface area contributed by atoms with Gasteiger partial charge in [0, 0.05) is 38.2 Å². The molecule has 4 heteroatoms. The molecule has 0 unspecified atom stereocenters. The number of nitrogens with zero attached hydrogens (tertiary/aromatic N) is 1. The number of hydrogen-bond donors (Lipinski definition) is 1. The Morgan fingerprint density at radius 2 is 2.42 bits per heavy atom. The first-order valence-electron chi connectivity index (χ1n) is 6.78. The van der Waals surface area contributed by atoms with Gasteiger partial charge in [-0.2, -0.15) is 0 Å². The number of carbonyl (C=O) groups excluding carboxylic acids is 1. The third kappa shape index (κ3) is 6.15. The molecule has 0 spiro atoms. The highest BCUT2D eigenvalue weighted by molar-refractivity contribution is 5.91. The van der Waals surface area contributed by atoms with Crippen LogP contribution in [-0.2, 0) is 9.53 Å². The van der Waals surface area contributed by atoms with Crippen molar-refractivity contribution < 1.29 is 9.53 Å². The van der Waals surface area contributed by atoms with Crippen LogP contribution >= 0.6 is 0 Å². The molecule has 19 heavy (non-hydrogen) atoms. The lowest BCUT2D eigenvalue weighted by atomic mass is 10.2. The van der Waals surface area contributed by atoms with Crippen LogP contribution in [0.3, 0.4) is 0 Å². The van der Waals surface area contributed by atoms with Crippen LogP contribution in [0.25, 0.3) is 6.08 Å². The summed E-state index contributed by atoms with van der Waals surface area (Å²) in [5, 5.41) is 2.83. The van der Waals surface area contributed by atoms with Gasteiger partial charge in [0.25, 0.3) is 0 Å². The van der Waals surface area contributed by atoms with Crippen molar-refractivity contribution in [1.29, 1.82) is 0 Å². The first kappa shape index (κ1) is 13.7. The minimum absolute atomic E-state index is 0.0777. The van der Waals surface area contributed by atoms with E-state index in [2.05, 4.69) is 10.3 Å². The fourth-order valence-electron chi connectivity index (χ4n) is 1.63. The number of amides is 1. The Kier molecular flexibility index (Phi) is 5.56. The van der Waals surface area contributed by atoms with E-state index < -0.39 is 0 Å². The van der Waals surface area contributed by atoms with E-state index in [4.69, 9.17) is 4.74 Å². The predicted molar refractivity (Wildman–Crippen MR) is 74.4 cm³/mol. The normalized spacial score (nSPS) is 14.7. The van der Waals surface area contributed by atoms with Gasteiger partial charge >= 0.3 is 0 Å². The molecule has 1 N–H and O–H groups in total. The molecule has 0 bridgehead atoms. The number of pyridine rings is 1. The first-order chi connectivity index (χ1) is 9.34. The molecule has 0 saturated heterocycles. The Bertz CT molecular complexity index is 413. The van der Waals surface area contributed by atoms with Gasteiger partial charge in [-0.3, -0.25) is 9.78 Å². The zero-order chi connectivity index (χ0) is 13.3. The highest BCUT2D eigenvalue weighted by atomic mass is 16.5. The molecule has 1 aromatic heterocycles. The zero-order valence-electron chi connectivity index (χ0n) is 11.0. The number of aromatic nitrogens is 1. The lowest BCUT2D eigenvalue weighted by molar-refractivity contribution is -0.116. The Morgan fingerprint density at radius 1 is 1.53 bits per heavy atom. The molecule has 0 aromatic carbocycles. The van der Waals surface area contributed by atoms with Crippen molar-refractivity contribution in [2.24, 2.45) is 5.92 Å². The van der Waals surface area contributed by atoms with Gasteiger partial charge in [0.1, 0.15) is 0 Å². The zero-order valence-corrected chi connectivity index (χ0v) is 11.0. The van der Waals surface area contributed by atoms with E-state index in [9.17, 15) is 4.79 Å². The van der Waals surface area contributed by atoms with E-state index >= 15 is 0 Å². The van der Waals surface area contributed by atoms with Crippen LogP contribution in [0.1, 0.15) is 24.8 Å². The van der Waals surface area contributed by atoms with Crippen molar-refractivity contribution in [2.45, 2.75) is 19.3 Å². The van der Waals surface area contributed by atoms with Crippen molar-refractivity contribution in [3.63, 3.8) is 0 Å². The third-order valence-corrected chi connectivity index (χ3v) is 2.93. The van der Waals surface area contributed by atoms with Crippen molar-refractivity contribution in [2.75, 3.05) is 19.8 Å². The summed E-state index contributed by atoms with van der Waals surface area (Å²) in [5.41, 5.74) is 0.922. The van der Waals surface area contributed by atoms with Crippen molar-refractivity contribution >= 4 is 12.0 Å². The standard InChI is InChI=1S/C15H20N2O2/c18-15(7-6-13-3-1-8-16-11-13)17-9-2-10-19-12-14-4-5-14/h1,3,6-8,11,14H,2,4-5,9-10,12H2,(H,17,18)/b7-6+. The molecule has 1 aliphatic rings. The predicted octanol–water partition coefficient (Wildman–Crippen LogP) is 2.03. The largest absolute Gasteiger partial charge is 0.381 e. The van der Waals surface area contributed by atoms with Gasteiger partial charge in [-0.15, -0.1) is 0 Å². The van der Waals surface area contributed by atoms with Crippen molar-refractivity contribution in [3.05, 3.63) is 36.2 Å². The lowest BCUT2D eigenvalue weighted by Crippen LogP contribution is -2.23. The smallest absolute Gasteiger partial charge is 0.244 e. The Labute approximate surface area is 113 Å². The Morgan fingerprint density at radius 3 is 3.16 bits per heavy atom.